The van der Waals surface area contributed by atoms with E-state index in [0.29, 0.717) is 46.6 Å². The van der Waals surface area contributed by atoms with Gasteiger partial charge in [0.2, 0.25) is 21.8 Å². The van der Waals surface area contributed by atoms with E-state index in [0.717, 1.165) is 29.0 Å². The van der Waals surface area contributed by atoms with E-state index in [9.17, 15) is 18.0 Å². The second-order valence-electron chi connectivity index (χ2n) is 9.86. The number of anilines is 1. The Morgan fingerprint density at radius 3 is 2.26 bits per heavy atom. The highest BCUT2D eigenvalue weighted by Gasteiger charge is 2.32. The summed E-state index contributed by atoms with van der Waals surface area (Å²) in [4.78, 5) is 28.4. The van der Waals surface area contributed by atoms with Gasteiger partial charge >= 0.3 is 0 Å². The van der Waals surface area contributed by atoms with Crippen molar-refractivity contribution in [3.63, 3.8) is 0 Å². The maximum Gasteiger partial charge on any atom is 0.244 e. The first-order valence-corrected chi connectivity index (χ1v) is 16.4. The Balaban J connectivity index is 1.86. The van der Waals surface area contributed by atoms with Gasteiger partial charge in [-0.3, -0.25) is 13.9 Å². The molecule has 0 fully saturated rings. The third-order valence-electron chi connectivity index (χ3n) is 6.62. The van der Waals surface area contributed by atoms with Crippen LogP contribution < -0.4 is 14.4 Å². The molecular formula is C31H37Cl2N3O5S. The third kappa shape index (κ3) is 9.64. The fraction of sp³-hybridized carbons (Fsp3) is 0.355. The summed E-state index contributed by atoms with van der Waals surface area (Å²) >= 11 is 12.5. The molecule has 0 heterocycles. The molecule has 1 N–H and O–H groups in total. The topological polar surface area (TPSA) is 96.0 Å². The fourth-order valence-electron chi connectivity index (χ4n) is 4.32. The van der Waals surface area contributed by atoms with Crippen molar-refractivity contribution in [1.29, 1.82) is 0 Å². The van der Waals surface area contributed by atoms with Gasteiger partial charge in [-0.1, -0.05) is 79.9 Å². The average Bonchev–Trinajstić information content (AvgIpc) is 2.96. The van der Waals surface area contributed by atoms with Gasteiger partial charge in [0.25, 0.3) is 0 Å². The largest absolute Gasteiger partial charge is 0.489 e. The van der Waals surface area contributed by atoms with E-state index >= 15 is 0 Å². The van der Waals surface area contributed by atoms with Crippen LogP contribution >= 0.6 is 23.2 Å². The minimum Gasteiger partial charge on any atom is -0.489 e. The number of nitrogens with zero attached hydrogens (tertiary/aromatic N) is 2. The number of benzene rings is 3. The van der Waals surface area contributed by atoms with Gasteiger partial charge < -0.3 is 15.0 Å². The molecule has 42 heavy (non-hydrogen) atoms. The Morgan fingerprint density at radius 1 is 0.976 bits per heavy atom. The first-order valence-electron chi connectivity index (χ1n) is 13.8. The van der Waals surface area contributed by atoms with Gasteiger partial charge in [-0.05, 0) is 60.4 Å². The van der Waals surface area contributed by atoms with E-state index in [1.807, 2.05) is 37.3 Å². The number of carbonyl (C=O) groups excluding carboxylic acids is 2. The van der Waals surface area contributed by atoms with E-state index < -0.39 is 28.5 Å². The molecule has 0 saturated heterocycles. The summed E-state index contributed by atoms with van der Waals surface area (Å²) in [6.45, 7) is 4.14. The molecule has 0 radical (unpaired) electrons. The summed E-state index contributed by atoms with van der Waals surface area (Å²) in [5.41, 5.74) is 1.87. The zero-order chi connectivity index (χ0) is 30.7. The lowest BCUT2D eigenvalue weighted by Crippen LogP contribution is -2.52. The van der Waals surface area contributed by atoms with Crippen molar-refractivity contribution >= 4 is 50.7 Å². The number of sulfonamides is 1. The van der Waals surface area contributed by atoms with Gasteiger partial charge in [-0.15, -0.1) is 0 Å². The summed E-state index contributed by atoms with van der Waals surface area (Å²) in [6.07, 6.45) is 3.06. The number of ether oxygens (including phenoxy) is 1. The predicted octanol–water partition coefficient (Wildman–Crippen LogP) is 6.06. The molecule has 3 aromatic carbocycles. The molecule has 1 atom stereocenters. The van der Waals surface area contributed by atoms with Gasteiger partial charge in [-0.25, -0.2) is 8.42 Å². The van der Waals surface area contributed by atoms with Crippen LogP contribution in [0.25, 0.3) is 0 Å². The number of nitrogens with one attached hydrogen (secondary N) is 1. The van der Waals surface area contributed by atoms with Gasteiger partial charge in [-0.2, -0.15) is 0 Å². The Hall–Kier alpha value is -3.27. The van der Waals surface area contributed by atoms with Crippen LogP contribution in [-0.2, 0) is 32.8 Å². The van der Waals surface area contributed by atoms with Crippen molar-refractivity contribution < 1.29 is 22.7 Å². The Kier molecular flexibility index (Phi) is 12.5. The molecule has 0 bridgehead atoms. The third-order valence-corrected chi connectivity index (χ3v) is 8.35. The molecule has 3 aromatic rings. The Labute approximate surface area is 258 Å². The van der Waals surface area contributed by atoms with Crippen LogP contribution in [0, 0.1) is 0 Å². The highest BCUT2D eigenvalue weighted by Crippen LogP contribution is 2.26. The minimum atomic E-state index is -3.87. The van der Waals surface area contributed by atoms with Crippen molar-refractivity contribution in [2.75, 3.05) is 23.7 Å². The van der Waals surface area contributed by atoms with Crippen molar-refractivity contribution in [3.8, 4) is 5.75 Å². The highest BCUT2D eigenvalue weighted by atomic mass is 35.5. The van der Waals surface area contributed by atoms with Crippen molar-refractivity contribution in [2.24, 2.45) is 0 Å². The monoisotopic (exact) mass is 633 g/mol. The normalized spacial score (nSPS) is 11.9. The molecule has 0 aliphatic heterocycles. The van der Waals surface area contributed by atoms with E-state index in [1.54, 1.807) is 49.4 Å². The first-order chi connectivity index (χ1) is 20.0. The summed E-state index contributed by atoms with van der Waals surface area (Å²) in [5.74, 6) is -0.306. The molecular weight excluding hydrogens is 597 g/mol. The quantitative estimate of drug-likeness (QED) is 0.205. The zero-order valence-electron chi connectivity index (χ0n) is 24.1. The molecule has 0 aromatic heterocycles. The Bertz CT molecular complexity index is 1440. The number of unbranched alkanes of at least 4 members (excludes halogenated alkanes) is 1. The standard InChI is InChI=1S/C31H37Cl2N3O5S/c1-4-6-18-34-31(38)29(5-2)35(20-24-12-13-25(32)19-28(24)33)30(37)21-36(42(3,39)40)26-14-16-27(17-15-26)41-22-23-10-8-7-9-11-23/h7-17,19,29H,4-6,18,20-22H2,1-3H3,(H,34,38)/t29-/m0/s1. The number of amides is 2. The Morgan fingerprint density at radius 2 is 1.67 bits per heavy atom. The molecule has 226 valence electrons. The van der Waals surface area contributed by atoms with Crippen LogP contribution in [-0.4, -0.2) is 50.5 Å². The molecule has 0 saturated carbocycles. The summed E-state index contributed by atoms with van der Waals surface area (Å²) < 4.78 is 32.6. The fourth-order valence-corrected chi connectivity index (χ4v) is 5.64. The van der Waals surface area contributed by atoms with E-state index in [-0.39, 0.29) is 12.5 Å². The van der Waals surface area contributed by atoms with Crippen molar-refractivity contribution in [2.45, 2.75) is 52.3 Å². The number of rotatable bonds is 15. The van der Waals surface area contributed by atoms with Crippen LogP contribution in [0.1, 0.15) is 44.2 Å². The lowest BCUT2D eigenvalue weighted by Gasteiger charge is -2.33. The summed E-state index contributed by atoms with van der Waals surface area (Å²) in [6, 6.07) is 20.2. The van der Waals surface area contributed by atoms with E-state index in [4.69, 9.17) is 27.9 Å². The maximum absolute atomic E-state index is 13.9. The average molecular weight is 635 g/mol. The van der Waals surface area contributed by atoms with Crippen molar-refractivity contribution in [3.05, 3.63) is 94.0 Å². The van der Waals surface area contributed by atoms with Crippen LogP contribution in [0.3, 0.4) is 0 Å². The molecule has 0 aliphatic rings. The lowest BCUT2D eigenvalue weighted by molar-refractivity contribution is -0.140. The first kappa shape index (κ1) is 33.2. The van der Waals surface area contributed by atoms with Crippen LogP contribution in [0.15, 0.2) is 72.8 Å². The van der Waals surface area contributed by atoms with Crippen molar-refractivity contribution in [1.82, 2.24) is 10.2 Å². The number of hydrogen-bond donors (Lipinski definition) is 1. The minimum absolute atomic E-state index is 0.00158. The predicted molar refractivity (Wildman–Crippen MR) is 168 cm³/mol. The zero-order valence-corrected chi connectivity index (χ0v) is 26.4. The maximum atomic E-state index is 13.9. The SMILES string of the molecule is CCCCNC(=O)[C@H](CC)N(Cc1ccc(Cl)cc1Cl)C(=O)CN(c1ccc(OCc2ccccc2)cc1)S(C)(=O)=O. The number of carbonyl (C=O) groups is 2. The molecule has 11 heteroatoms. The van der Waals surface area contributed by atoms with Gasteiger partial charge in [0, 0.05) is 23.1 Å². The lowest BCUT2D eigenvalue weighted by atomic mass is 10.1. The molecule has 3 rings (SSSR count). The van der Waals surface area contributed by atoms with Crippen LogP contribution in [0.5, 0.6) is 5.75 Å². The highest BCUT2D eigenvalue weighted by molar-refractivity contribution is 7.92. The van der Waals surface area contributed by atoms with Gasteiger partial charge in [0.05, 0.1) is 11.9 Å². The second-order valence-corrected chi connectivity index (χ2v) is 12.6. The number of halogens is 2. The smallest absolute Gasteiger partial charge is 0.244 e. The van der Waals surface area contributed by atoms with Gasteiger partial charge in [0.15, 0.2) is 0 Å². The molecule has 8 nitrogen and oxygen atoms in total. The molecule has 0 spiro atoms. The molecule has 0 unspecified atom stereocenters. The molecule has 0 aliphatic carbocycles. The van der Waals surface area contributed by atoms with Gasteiger partial charge in [0.1, 0.15) is 24.9 Å². The van der Waals surface area contributed by atoms with Crippen LogP contribution in [0.4, 0.5) is 5.69 Å². The van der Waals surface area contributed by atoms with E-state index in [1.165, 1.54) is 4.90 Å². The summed E-state index contributed by atoms with van der Waals surface area (Å²) in [7, 11) is -3.87. The van der Waals surface area contributed by atoms with Crippen LogP contribution in [0.2, 0.25) is 10.0 Å². The second kappa shape index (κ2) is 15.8. The van der Waals surface area contributed by atoms with E-state index in [2.05, 4.69) is 5.32 Å². The number of hydrogen-bond acceptors (Lipinski definition) is 5. The summed E-state index contributed by atoms with van der Waals surface area (Å²) in [5, 5.41) is 3.67. The molecule has 2 amide bonds.